The van der Waals surface area contributed by atoms with Crippen LogP contribution < -0.4 is 4.74 Å². The summed E-state index contributed by atoms with van der Waals surface area (Å²) in [5, 5.41) is 20.3. The van der Waals surface area contributed by atoms with Crippen molar-refractivity contribution < 1.29 is 19.7 Å². The van der Waals surface area contributed by atoms with Gasteiger partial charge in [-0.2, -0.15) is 11.8 Å². The smallest absolute Gasteiger partial charge is 0.119 e. The van der Waals surface area contributed by atoms with Crippen LogP contribution >= 0.6 is 23.4 Å². The molecule has 0 bridgehead atoms. The van der Waals surface area contributed by atoms with Crippen molar-refractivity contribution in [1.29, 1.82) is 0 Å². The second-order valence-electron chi connectivity index (χ2n) is 8.16. The summed E-state index contributed by atoms with van der Waals surface area (Å²) < 4.78 is 12.1. The van der Waals surface area contributed by atoms with Gasteiger partial charge in [0.25, 0.3) is 0 Å². The van der Waals surface area contributed by atoms with Gasteiger partial charge < -0.3 is 19.7 Å². The number of thioether (sulfide) groups is 1. The molecule has 0 aromatic heterocycles. The van der Waals surface area contributed by atoms with E-state index in [9.17, 15) is 10.2 Å². The van der Waals surface area contributed by atoms with Crippen molar-refractivity contribution in [3.63, 3.8) is 0 Å². The van der Waals surface area contributed by atoms with Crippen molar-refractivity contribution in [2.45, 2.75) is 56.5 Å². The van der Waals surface area contributed by atoms with Crippen LogP contribution in [0.15, 0.2) is 42.5 Å². The van der Waals surface area contributed by atoms with Gasteiger partial charge in [-0.1, -0.05) is 35.9 Å². The average Bonchev–Trinajstić information content (AvgIpc) is 2.77. The fraction of sp³-hybridized carbons (Fsp3) is 0.500. The lowest BCUT2D eigenvalue weighted by atomic mass is 9.94. The van der Waals surface area contributed by atoms with Gasteiger partial charge in [0.1, 0.15) is 11.9 Å². The number of hydrogen-bond donors (Lipinski definition) is 2. The third-order valence-electron chi connectivity index (χ3n) is 5.81. The zero-order valence-corrected chi connectivity index (χ0v) is 18.6. The minimum Gasteiger partial charge on any atom is -0.490 e. The van der Waals surface area contributed by atoms with E-state index in [1.807, 2.05) is 36.0 Å². The molecule has 0 aliphatic carbocycles. The molecular formula is C24H29ClO4S. The lowest BCUT2D eigenvalue weighted by Gasteiger charge is -2.32. The van der Waals surface area contributed by atoms with E-state index in [2.05, 4.69) is 18.2 Å². The molecule has 0 radical (unpaired) electrons. The molecule has 3 unspecified atom stereocenters. The highest BCUT2D eigenvalue weighted by atomic mass is 35.5. The van der Waals surface area contributed by atoms with Crippen LogP contribution in [0.5, 0.6) is 5.75 Å². The Hall–Kier alpha value is -1.24. The number of aliphatic hydroxyl groups is 2. The van der Waals surface area contributed by atoms with E-state index in [1.165, 1.54) is 17.1 Å². The van der Waals surface area contributed by atoms with Crippen LogP contribution in [0, 0.1) is 0 Å². The molecule has 0 saturated carbocycles. The SMILES string of the molecule is OCC1CC(O)CC(c2ccc(Cl)c(Cc3ccc(OC4CCSCC4)cc3)c2)O1. The van der Waals surface area contributed by atoms with Crippen molar-refractivity contribution in [2.75, 3.05) is 18.1 Å². The summed E-state index contributed by atoms with van der Waals surface area (Å²) in [6.07, 6.45) is 3.26. The Morgan fingerprint density at radius 1 is 1.07 bits per heavy atom. The summed E-state index contributed by atoms with van der Waals surface area (Å²) >= 11 is 8.47. The highest BCUT2D eigenvalue weighted by Gasteiger charge is 2.29. The number of rotatable bonds is 6. The van der Waals surface area contributed by atoms with Crippen LogP contribution in [-0.4, -0.2) is 46.6 Å². The monoisotopic (exact) mass is 448 g/mol. The molecule has 6 heteroatoms. The van der Waals surface area contributed by atoms with Crippen LogP contribution in [0.2, 0.25) is 5.02 Å². The summed E-state index contributed by atoms with van der Waals surface area (Å²) in [7, 11) is 0. The van der Waals surface area contributed by atoms with Crippen LogP contribution in [0.25, 0.3) is 0 Å². The van der Waals surface area contributed by atoms with Crippen LogP contribution in [0.3, 0.4) is 0 Å². The summed E-state index contributed by atoms with van der Waals surface area (Å²) in [5.41, 5.74) is 3.18. The lowest BCUT2D eigenvalue weighted by Crippen LogP contribution is -2.33. The van der Waals surface area contributed by atoms with Crippen molar-refractivity contribution in [3.05, 3.63) is 64.2 Å². The van der Waals surface area contributed by atoms with Gasteiger partial charge >= 0.3 is 0 Å². The maximum absolute atomic E-state index is 10.1. The van der Waals surface area contributed by atoms with Gasteiger partial charge in [0.2, 0.25) is 0 Å². The molecule has 2 aromatic carbocycles. The first-order valence-corrected chi connectivity index (χ1v) is 12.2. The maximum Gasteiger partial charge on any atom is 0.119 e. The Morgan fingerprint density at radius 2 is 1.83 bits per heavy atom. The predicted molar refractivity (Wildman–Crippen MR) is 122 cm³/mol. The average molecular weight is 449 g/mol. The number of hydrogen-bond acceptors (Lipinski definition) is 5. The Labute approximate surface area is 187 Å². The third-order valence-corrected chi connectivity index (χ3v) is 7.23. The number of halogens is 1. The van der Waals surface area contributed by atoms with Gasteiger partial charge in [0.05, 0.1) is 24.9 Å². The highest BCUT2D eigenvalue weighted by molar-refractivity contribution is 7.99. The first-order valence-electron chi connectivity index (χ1n) is 10.7. The number of aliphatic hydroxyl groups excluding tert-OH is 2. The molecule has 3 atom stereocenters. The molecule has 162 valence electrons. The van der Waals surface area contributed by atoms with E-state index in [4.69, 9.17) is 21.1 Å². The van der Waals surface area contributed by atoms with Gasteiger partial charge in [-0.15, -0.1) is 0 Å². The Kier molecular flexibility index (Phi) is 7.60. The summed E-state index contributed by atoms with van der Waals surface area (Å²) in [5.74, 6) is 3.28. The van der Waals surface area contributed by atoms with Crippen LogP contribution in [0.1, 0.15) is 48.5 Å². The standard InChI is InChI=1S/C24H29ClO4S/c25-23-6-3-17(24-14-19(27)13-22(15-26)29-24)12-18(23)11-16-1-4-20(5-2-16)28-21-7-9-30-10-8-21/h1-6,12,19,21-22,24,26-27H,7-11,13-15H2. The largest absolute Gasteiger partial charge is 0.490 e. The molecule has 2 aromatic rings. The van der Waals surface area contributed by atoms with Gasteiger partial charge in [0.15, 0.2) is 0 Å². The summed E-state index contributed by atoms with van der Waals surface area (Å²) in [6, 6.07) is 14.2. The fourth-order valence-electron chi connectivity index (χ4n) is 4.14. The molecule has 2 heterocycles. The summed E-state index contributed by atoms with van der Waals surface area (Å²) in [6.45, 7) is -0.0812. The zero-order valence-electron chi connectivity index (χ0n) is 17.0. The Bertz CT molecular complexity index is 822. The van der Waals surface area contributed by atoms with Crippen molar-refractivity contribution in [2.24, 2.45) is 0 Å². The van der Waals surface area contributed by atoms with Gasteiger partial charge in [-0.3, -0.25) is 0 Å². The number of benzene rings is 2. The van der Waals surface area contributed by atoms with Gasteiger partial charge in [-0.25, -0.2) is 0 Å². The maximum atomic E-state index is 10.1. The first kappa shape index (κ1) is 22.0. The quantitative estimate of drug-likeness (QED) is 0.666. The molecule has 4 rings (SSSR count). The van der Waals surface area contributed by atoms with Crippen molar-refractivity contribution >= 4 is 23.4 Å². The molecule has 2 saturated heterocycles. The van der Waals surface area contributed by atoms with E-state index < -0.39 is 6.10 Å². The van der Waals surface area contributed by atoms with E-state index in [1.54, 1.807) is 0 Å². The fourth-order valence-corrected chi connectivity index (χ4v) is 5.39. The topological polar surface area (TPSA) is 58.9 Å². The molecule has 30 heavy (non-hydrogen) atoms. The highest BCUT2D eigenvalue weighted by Crippen LogP contribution is 2.34. The Morgan fingerprint density at radius 3 is 2.57 bits per heavy atom. The second kappa shape index (κ2) is 10.4. The molecule has 2 N–H and O–H groups in total. The van der Waals surface area contributed by atoms with E-state index in [0.717, 1.165) is 29.7 Å². The molecule has 0 amide bonds. The first-order chi connectivity index (χ1) is 14.6. The third kappa shape index (κ3) is 5.71. The normalized spacial score (nSPS) is 25.2. The minimum absolute atomic E-state index is 0.0812. The second-order valence-corrected chi connectivity index (χ2v) is 9.79. The van der Waals surface area contributed by atoms with E-state index >= 15 is 0 Å². The minimum atomic E-state index is -0.463. The van der Waals surface area contributed by atoms with Crippen LogP contribution in [-0.2, 0) is 11.2 Å². The molecule has 0 spiro atoms. The van der Waals surface area contributed by atoms with Crippen molar-refractivity contribution in [3.8, 4) is 5.75 Å². The van der Waals surface area contributed by atoms with Gasteiger partial charge in [-0.05, 0) is 65.7 Å². The predicted octanol–water partition coefficient (Wildman–Crippen LogP) is 4.78. The van der Waals surface area contributed by atoms with Crippen molar-refractivity contribution in [1.82, 2.24) is 0 Å². The van der Waals surface area contributed by atoms with E-state index in [-0.39, 0.29) is 18.8 Å². The van der Waals surface area contributed by atoms with Gasteiger partial charge in [0, 0.05) is 17.9 Å². The molecule has 2 aliphatic rings. The van der Waals surface area contributed by atoms with E-state index in [0.29, 0.717) is 30.4 Å². The number of ether oxygens (including phenoxy) is 2. The molecule has 2 aliphatic heterocycles. The summed E-state index contributed by atoms with van der Waals surface area (Å²) in [4.78, 5) is 0. The Balaban J connectivity index is 1.43. The molecule has 2 fully saturated rings. The molecular weight excluding hydrogens is 420 g/mol. The lowest BCUT2D eigenvalue weighted by molar-refractivity contribution is -0.113. The van der Waals surface area contributed by atoms with Crippen LogP contribution in [0.4, 0.5) is 0 Å². The zero-order chi connectivity index (χ0) is 20.9. The molecule has 4 nitrogen and oxygen atoms in total.